The summed E-state index contributed by atoms with van der Waals surface area (Å²) in [6.07, 6.45) is 3.68. The summed E-state index contributed by atoms with van der Waals surface area (Å²) < 4.78 is 0. The van der Waals surface area contributed by atoms with Crippen molar-refractivity contribution in [2.24, 2.45) is 0 Å². The second kappa shape index (κ2) is 4.79. The highest BCUT2D eigenvalue weighted by Gasteiger charge is 2.23. The number of nitrogens with two attached hydrogens (primary N) is 1. The van der Waals surface area contributed by atoms with Crippen LogP contribution in [0.4, 0.5) is 11.5 Å². The van der Waals surface area contributed by atoms with Crippen LogP contribution in [-0.4, -0.2) is 30.5 Å². The Morgan fingerprint density at radius 3 is 3.00 bits per heavy atom. The van der Waals surface area contributed by atoms with E-state index in [1.165, 1.54) is 6.20 Å². The summed E-state index contributed by atoms with van der Waals surface area (Å²) in [4.78, 5) is 17.4. The molecular formula is C11H15ClN4O. The Morgan fingerprint density at radius 1 is 1.71 bits per heavy atom. The lowest BCUT2D eigenvalue weighted by molar-refractivity contribution is -0.119. The largest absolute Gasteiger partial charge is 0.397 e. The molecule has 6 heteroatoms. The molecule has 1 heterocycles. The molecule has 0 aromatic carbocycles. The molecule has 1 fully saturated rings. The van der Waals surface area contributed by atoms with Crippen LogP contribution in [0.25, 0.3) is 0 Å². The summed E-state index contributed by atoms with van der Waals surface area (Å²) in [6.45, 7) is 0.243. The van der Waals surface area contributed by atoms with E-state index < -0.39 is 0 Å². The van der Waals surface area contributed by atoms with E-state index in [2.05, 4.69) is 10.3 Å². The average Bonchev–Trinajstić information content (AvgIpc) is 3.00. The molecule has 0 unspecified atom stereocenters. The number of nitrogens with one attached hydrogen (secondary N) is 1. The maximum Gasteiger partial charge on any atom is 0.239 e. The van der Waals surface area contributed by atoms with Gasteiger partial charge < -0.3 is 16.0 Å². The number of aromatic nitrogens is 1. The van der Waals surface area contributed by atoms with Crippen molar-refractivity contribution in [2.45, 2.75) is 18.9 Å². The maximum absolute atomic E-state index is 11.6. The van der Waals surface area contributed by atoms with Gasteiger partial charge in [-0.3, -0.25) is 4.79 Å². The van der Waals surface area contributed by atoms with Gasteiger partial charge in [-0.15, -0.1) is 0 Å². The molecule has 0 radical (unpaired) electrons. The van der Waals surface area contributed by atoms with Crippen molar-refractivity contribution in [3.63, 3.8) is 0 Å². The normalized spacial score (nSPS) is 14.5. The first-order chi connectivity index (χ1) is 8.06. The van der Waals surface area contributed by atoms with Crippen LogP contribution in [0.15, 0.2) is 12.3 Å². The Hall–Kier alpha value is -1.49. The van der Waals surface area contributed by atoms with E-state index in [0.29, 0.717) is 22.6 Å². The van der Waals surface area contributed by atoms with Gasteiger partial charge in [0.1, 0.15) is 5.82 Å². The number of pyridine rings is 1. The molecule has 5 nitrogen and oxygen atoms in total. The zero-order valence-electron chi connectivity index (χ0n) is 9.61. The van der Waals surface area contributed by atoms with Gasteiger partial charge in [0.2, 0.25) is 5.91 Å². The molecule has 0 spiro atoms. The van der Waals surface area contributed by atoms with Crippen LogP contribution < -0.4 is 16.0 Å². The number of anilines is 2. The third kappa shape index (κ3) is 3.23. The average molecular weight is 255 g/mol. The van der Waals surface area contributed by atoms with Gasteiger partial charge in [-0.05, 0) is 18.9 Å². The number of nitrogen functional groups attached to an aromatic ring is 1. The fourth-order valence-electron chi connectivity index (χ4n) is 1.52. The van der Waals surface area contributed by atoms with Crippen LogP contribution in [0.1, 0.15) is 12.8 Å². The summed E-state index contributed by atoms with van der Waals surface area (Å²) in [5.74, 6) is 0.552. The Morgan fingerprint density at radius 2 is 2.41 bits per heavy atom. The monoisotopic (exact) mass is 254 g/mol. The molecule has 0 bridgehead atoms. The second-order valence-corrected chi connectivity index (χ2v) is 4.68. The SMILES string of the molecule is CN(CC(=O)NC1CC1)c1ncc(N)cc1Cl. The first-order valence-electron chi connectivity index (χ1n) is 5.48. The van der Waals surface area contributed by atoms with Crippen LogP contribution in [0, 0.1) is 0 Å². The van der Waals surface area contributed by atoms with E-state index in [4.69, 9.17) is 17.3 Å². The predicted octanol–water partition coefficient (Wildman–Crippen LogP) is 1.03. The van der Waals surface area contributed by atoms with Crippen molar-refractivity contribution < 1.29 is 4.79 Å². The Bertz CT molecular complexity index is 433. The third-order valence-electron chi connectivity index (χ3n) is 2.53. The molecule has 3 N–H and O–H groups in total. The number of hydrogen-bond donors (Lipinski definition) is 2. The maximum atomic E-state index is 11.6. The molecule has 1 aromatic heterocycles. The second-order valence-electron chi connectivity index (χ2n) is 4.27. The van der Waals surface area contributed by atoms with Gasteiger partial charge in [0, 0.05) is 13.1 Å². The van der Waals surface area contributed by atoms with Gasteiger partial charge in [-0.1, -0.05) is 11.6 Å². The quantitative estimate of drug-likeness (QED) is 0.842. The Balaban J connectivity index is 1.97. The number of halogens is 1. The van der Waals surface area contributed by atoms with E-state index in [1.807, 2.05) is 0 Å². The van der Waals surface area contributed by atoms with Gasteiger partial charge in [0.15, 0.2) is 0 Å². The van der Waals surface area contributed by atoms with Gasteiger partial charge >= 0.3 is 0 Å². The number of hydrogen-bond acceptors (Lipinski definition) is 4. The number of carbonyl (C=O) groups excluding carboxylic acids is 1. The van der Waals surface area contributed by atoms with E-state index in [-0.39, 0.29) is 12.5 Å². The van der Waals surface area contributed by atoms with Gasteiger partial charge in [0.25, 0.3) is 0 Å². The van der Waals surface area contributed by atoms with Crippen molar-refractivity contribution in [2.75, 3.05) is 24.2 Å². The summed E-state index contributed by atoms with van der Waals surface area (Å²) in [7, 11) is 1.77. The molecule has 17 heavy (non-hydrogen) atoms. The smallest absolute Gasteiger partial charge is 0.239 e. The van der Waals surface area contributed by atoms with E-state index in [0.717, 1.165) is 12.8 Å². The number of carbonyl (C=O) groups is 1. The fraction of sp³-hybridized carbons (Fsp3) is 0.455. The lowest BCUT2D eigenvalue weighted by atomic mass is 10.4. The Labute approximate surface area is 105 Å². The molecule has 0 saturated heterocycles. The Kier molecular flexibility index (Phi) is 3.38. The number of likely N-dealkylation sites (N-methyl/N-ethyl adjacent to an activating group) is 1. The third-order valence-corrected chi connectivity index (χ3v) is 2.81. The highest BCUT2D eigenvalue weighted by molar-refractivity contribution is 6.33. The molecule has 92 valence electrons. The van der Waals surface area contributed by atoms with Crippen LogP contribution in [-0.2, 0) is 4.79 Å². The van der Waals surface area contributed by atoms with Crippen LogP contribution >= 0.6 is 11.6 Å². The molecule has 2 rings (SSSR count). The number of nitrogens with zero attached hydrogens (tertiary/aromatic N) is 2. The van der Waals surface area contributed by atoms with E-state index >= 15 is 0 Å². The fourth-order valence-corrected chi connectivity index (χ4v) is 1.84. The predicted molar refractivity (Wildman–Crippen MR) is 68.1 cm³/mol. The summed E-state index contributed by atoms with van der Waals surface area (Å²) >= 11 is 6.01. The molecule has 1 aromatic rings. The molecule has 1 amide bonds. The van der Waals surface area contributed by atoms with Crippen molar-refractivity contribution in [3.05, 3.63) is 17.3 Å². The van der Waals surface area contributed by atoms with Crippen molar-refractivity contribution in [1.82, 2.24) is 10.3 Å². The van der Waals surface area contributed by atoms with E-state index in [1.54, 1.807) is 18.0 Å². The van der Waals surface area contributed by atoms with E-state index in [9.17, 15) is 4.79 Å². The summed E-state index contributed by atoms with van der Waals surface area (Å²) in [5.41, 5.74) is 6.07. The van der Waals surface area contributed by atoms with Gasteiger partial charge in [-0.25, -0.2) is 4.98 Å². The minimum Gasteiger partial charge on any atom is -0.397 e. The standard InChI is InChI=1S/C11H15ClN4O/c1-16(6-10(17)15-8-2-3-8)11-9(12)4-7(13)5-14-11/h4-5,8H,2-3,6,13H2,1H3,(H,15,17). The molecule has 1 aliphatic rings. The van der Waals surface area contributed by atoms with Gasteiger partial charge in [0.05, 0.1) is 23.5 Å². The molecule has 0 atom stereocenters. The highest BCUT2D eigenvalue weighted by atomic mass is 35.5. The van der Waals surface area contributed by atoms with Crippen LogP contribution in [0.3, 0.4) is 0 Å². The molecule has 1 saturated carbocycles. The molecular weight excluding hydrogens is 240 g/mol. The van der Waals surface area contributed by atoms with Crippen LogP contribution in [0.5, 0.6) is 0 Å². The number of rotatable bonds is 4. The minimum absolute atomic E-state index is 0.00954. The van der Waals surface area contributed by atoms with Crippen molar-refractivity contribution in [1.29, 1.82) is 0 Å². The molecule has 0 aliphatic heterocycles. The summed E-state index contributed by atoms with van der Waals surface area (Å²) in [6, 6.07) is 1.99. The summed E-state index contributed by atoms with van der Waals surface area (Å²) in [5, 5.41) is 3.36. The molecule has 1 aliphatic carbocycles. The topological polar surface area (TPSA) is 71.2 Å². The zero-order chi connectivity index (χ0) is 12.4. The highest BCUT2D eigenvalue weighted by Crippen LogP contribution is 2.24. The minimum atomic E-state index is -0.00954. The van der Waals surface area contributed by atoms with Crippen LogP contribution in [0.2, 0.25) is 5.02 Å². The zero-order valence-corrected chi connectivity index (χ0v) is 10.4. The van der Waals surface area contributed by atoms with Crippen molar-refractivity contribution in [3.8, 4) is 0 Å². The first kappa shape index (κ1) is 12.0. The lowest BCUT2D eigenvalue weighted by Crippen LogP contribution is -2.36. The first-order valence-corrected chi connectivity index (χ1v) is 5.85. The van der Waals surface area contributed by atoms with Crippen molar-refractivity contribution >= 4 is 29.0 Å². The van der Waals surface area contributed by atoms with Gasteiger partial charge in [-0.2, -0.15) is 0 Å². The number of amides is 1. The lowest BCUT2D eigenvalue weighted by Gasteiger charge is -2.18.